The zero-order chi connectivity index (χ0) is 12.2. The number of ketones is 1. The first-order valence-corrected chi connectivity index (χ1v) is 6.42. The van der Waals surface area contributed by atoms with Gasteiger partial charge in [-0.2, -0.15) is 0 Å². The molecule has 1 spiro atoms. The van der Waals surface area contributed by atoms with Crippen molar-refractivity contribution in [3.8, 4) is 0 Å². The van der Waals surface area contributed by atoms with E-state index in [1.807, 2.05) is 0 Å². The number of nitrogens with zero attached hydrogens (tertiary/aromatic N) is 1. The van der Waals surface area contributed by atoms with Gasteiger partial charge in [0.1, 0.15) is 0 Å². The summed E-state index contributed by atoms with van der Waals surface area (Å²) in [5.74, 6) is 0.482. The molecule has 0 N–H and O–H groups in total. The van der Waals surface area contributed by atoms with Gasteiger partial charge in [-0.1, -0.05) is 27.7 Å². The van der Waals surface area contributed by atoms with Crippen molar-refractivity contribution in [2.75, 3.05) is 13.6 Å². The zero-order valence-electron chi connectivity index (χ0n) is 11.4. The van der Waals surface area contributed by atoms with Crippen LogP contribution in [0, 0.1) is 10.8 Å². The Balaban J connectivity index is 2.37. The largest absolute Gasteiger partial charge is 0.298 e. The van der Waals surface area contributed by atoms with Crippen LogP contribution in [0.25, 0.3) is 0 Å². The van der Waals surface area contributed by atoms with Crippen LogP contribution in [0.2, 0.25) is 0 Å². The van der Waals surface area contributed by atoms with Crippen LogP contribution in [-0.2, 0) is 4.79 Å². The van der Waals surface area contributed by atoms with Crippen molar-refractivity contribution in [1.29, 1.82) is 0 Å². The molecule has 1 saturated carbocycles. The summed E-state index contributed by atoms with van der Waals surface area (Å²) in [5, 5.41) is 0. The Morgan fingerprint density at radius 1 is 1.00 bits per heavy atom. The summed E-state index contributed by atoms with van der Waals surface area (Å²) in [4.78, 5) is 14.6. The number of carbonyl (C=O) groups excluding carboxylic acids is 1. The Kier molecular flexibility index (Phi) is 2.51. The van der Waals surface area contributed by atoms with Crippen molar-refractivity contribution >= 4 is 5.78 Å². The SMILES string of the molecule is CN1CCC(=O)C12CC(C)(C)CC(C)(C)C2. The van der Waals surface area contributed by atoms with Crippen molar-refractivity contribution in [2.45, 2.75) is 58.9 Å². The lowest BCUT2D eigenvalue weighted by atomic mass is 9.57. The summed E-state index contributed by atoms with van der Waals surface area (Å²) >= 11 is 0. The minimum absolute atomic E-state index is 0.148. The van der Waals surface area contributed by atoms with E-state index in [2.05, 4.69) is 39.6 Å². The fourth-order valence-electron chi connectivity index (χ4n) is 4.46. The molecule has 2 heteroatoms. The lowest BCUT2D eigenvalue weighted by molar-refractivity contribution is -0.132. The molecular weight excluding hydrogens is 198 g/mol. The maximum absolute atomic E-state index is 12.3. The molecule has 2 nitrogen and oxygen atoms in total. The fourth-order valence-corrected chi connectivity index (χ4v) is 4.46. The fraction of sp³-hybridized carbons (Fsp3) is 0.929. The van der Waals surface area contributed by atoms with E-state index in [0.717, 1.165) is 25.8 Å². The van der Waals surface area contributed by atoms with Crippen molar-refractivity contribution in [3.63, 3.8) is 0 Å². The maximum atomic E-state index is 12.3. The Morgan fingerprint density at radius 2 is 1.50 bits per heavy atom. The average molecular weight is 223 g/mol. The van der Waals surface area contributed by atoms with Gasteiger partial charge in [-0.3, -0.25) is 9.69 Å². The number of carbonyl (C=O) groups is 1. The number of rotatable bonds is 0. The molecule has 0 aromatic heterocycles. The highest BCUT2D eigenvalue weighted by Gasteiger charge is 2.55. The van der Waals surface area contributed by atoms with Crippen LogP contribution < -0.4 is 0 Å². The molecule has 1 aliphatic carbocycles. The molecule has 0 bridgehead atoms. The minimum Gasteiger partial charge on any atom is -0.298 e. The Bertz CT molecular complexity index is 301. The summed E-state index contributed by atoms with van der Waals surface area (Å²) in [7, 11) is 2.13. The molecule has 92 valence electrons. The predicted molar refractivity (Wildman–Crippen MR) is 66.4 cm³/mol. The van der Waals surface area contributed by atoms with E-state index in [0.29, 0.717) is 5.78 Å². The van der Waals surface area contributed by atoms with Crippen LogP contribution in [0.4, 0.5) is 0 Å². The van der Waals surface area contributed by atoms with E-state index in [4.69, 9.17) is 0 Å². The molecular formula is C14H25NO. The highest BCUT2D eigenvalue weighted by molar-refractivity contribution is 5.90. The Morgan fingerprint density at radius 3 is 1.88 bits per heavy atom. The first kappa shape index (κ1) is 12.1. The topological polar surface area (TPSA) is 20.3 Å². The van der Waals surface area contributed by atoms with Gasteiger partial charge in [0.25, 0.3) is 0 Å². The molecule has 1 saturated heterocycles. The van der Waals surface area contributed by atoms with Gasteiger partial charge < -0.3 is 0 Å². The van der Waals surface area contributed by atoms with E-state index < -0.39 is 0 Å². The smallest absolute Gasteiger partial charge is 0.154 e. The number of hydrogen-bond acceptors (Lipinski definition) is 2. The molecule has 0 amide bonds. The molecule has 0 atom stereocenters. The molecule has 0 aromatic rings. The number of likely N-dealkylation sites (N-methyl/N-ethyl adjacent to an activating group) is 1. The van der Waals surface area contributed by atoms with Crippen LogP contribution in [-0.4, -0.2) is 29.8 Å². The van der Waals surface area contributed by atoms with E-state index in [1.165, 1.54) is 6.42 Å². The van der Waals surface area contributed by atoms with Gasteiger partial charge in [0.15, 0.2) is 5.78 Å². The van der Waals surface area contributed by atoms with Crippen LogP contribution in [0.3, 0.4) is 0 Å². The van der Waals surface area contributed by atoms with Gasteiger partial charge in [-0.15, -0.1) is 0 Å². The minimum atomic E-state index is -0.148. The maximum Gasteiger partial charge on any atom is 0.154 e. The highest BCUT2D eigenvalue weighted by atomic mass is 16.1. The molecule has 0 aromatic carbocycles. The third kappa shape index (κ3) is 1.81. The first-order chi connectivity index (χ1) is 7.17. The van der Waals surface area contributed by atoms with E-state index in [-0.39, 0.29) is 16.4 Å². The van der Waals surface area contributed by atoms with E-state index in [1.54, 1.807) is 0 Å². The molecule has 2 fully saturated rings. The second kappa shape index (κ2) is 3.32. The third-order valence-electron chi connectivity index (χ3n) is 4.42. The van der Waals surface area contributed by atoms with Gasteiger partial charge in [0.2, 0.25) is 0 Å². The van der Waals surface area contributed by atoms with Gasteiger partial charge >= 0.3 is 0 Å². The predicted octanol–water partition coefficient (Wildman–Crippen LogP) is 2.87. The third-order valence-corrected chi connectivity index (χ3v) is 4.42. The zero-order valence-corrected chi connectivity index (χ0v) is 11.4. The van der Waals surface area contributed by atoms with Crippen LogP contribution in [0.1, 0.15) is 53.4 Å². The standard InChI is InChI=1S/C14H25NO/c1-12(2)8-13(3,4)10-14(9-12)11(16)6-7-15(14)5/h6-10H2,1-5H3. The van der Waals surface area contributed by atoms with E-state index >= 15 is 0 Å². The lowest BCUT2D eigenvalue weighted by Crippen LogP contribution is -2.56. The number of likely N-dealkylation sites (tertiary alicyclic amines) is 1. The van der Waals surface area contributed by atoms with Gasteiger partial charge in [-0.05, 0) is 37.1 Å². The summed E-state index contributed by atoms with van der Waals surface area (Å²) in [6.07, 6.45) is 4.06. The molecule has 16 heavy (non-hydrogen) atoms. The lowest BCUT2D eigenvalue weighted by Gasteiger charge is -2.52. The van der Waals surface area contributed by atoms with Crippen molar-refractivity contribution in [1.82, 2.24) is 4.90 Å². The number of hydrogen-bond donors (Lipinski definition) is 0. The summed E-state index contributed by atoms with van der Waals surface area (Å²) < 4.78 is 0. The van der Waals surface area contributed by atoms with Gasteiger partial charge in [0.05, 0.1) is 5.54 Å². The van der Waals surface area contributed by atoms with Crippen LogP contribution in [0.15, 0.2) is 0 Å². The Labute approximate surface area is 99.4 Å². The molecule has 1 heterocycles. The summed E-state index contributed by atoms with van der Waals surface area (Å²) in [6.45, 7) is 10.2. The summed E-state index contributed by atoms with van der Waals surface area (Å²) in [6, 6.07) is 0. The van der Waals surface area contributed by atoms with Gasteiger partial charge in [-0.25, -0.2) is 0 Å². The van der Waals surface area contributed by atoms with Crippen molar-refractivity contribution < 1.29 is 4.79 Å². The van der Waals surface area contributed by atoms with Crippen molar-refractivity contribution in [2.24, 2.45) is 10.8 Å². The summed E-state index contributed by atoms with van der Waals surface area (Å²) in [5.41, 5.74) is 0.428. The van der Waals surface area contributed by atoms with E-state index in [9.17, 15) is 4.79 Å². The quantitative estimate of drug-likeness (QED) is 0.629. The molecule has 2 rings (SSSR count). The molecule has 0 unspecified atom stereocenters. The molecule has 1 aliphatic heterocycles. The second-order valence-electron chi connectivity index (χ2n) is 7.49. The average Bonchev–Trinajstić information content (AvgIpc) is 2.28. The second-order valence-corrected chi connectivity index (χ2v) is 7.49. The number of Topliss-reactive ketones (excluding diaryl/α,β-unsaturated/α-hetero) is 1. The Hall–Kier alpha value is -0.370. The first-order valence-electron chi connectivity index (χ1n) is 6.42. The molecule has 2 aliphatic rings. The normalized spacial score (nSPS) is 32.2. The van der Waals surface area contributed by atoms with Crippen LogP contribution >= 0.6 is 0 Å². The monoisotopic (exact) mass is 223 g/mol. The van der Waals surface area contributed by atoms with Crippen LogP contribution in [0.5, 0.6) is 0 Å². The highest BCUT2D eigenvalue weighted by Crippen LogP contribution is 2.53. The van der Waals surface area contributed by atoms with Crippen molar-refractivity contribution in [3.05, 3.63) is 0 Å². The van der Waals surface area contributed by atoms with Gasteiger partial charge in [0, 0.05) is 13.0 Å². The molecule has 0 radical (unpaired) electrons.